The van der Waals surface area contributed by atoms with E-state index in [1.54, 1.807) is 24.3 Å². The Hall–Kier alpha value is -2.66. The number of carbonyl (C=O) groups is 2. The first-order valence-corrected chi connectivity index (χ1v) is 7.99. The van der Waals surface area contributed by atoms with E-state index in [-0.39, 0.29) is 11.8 Å². The molecule has 2 rings (SSSR count). The van der Waals surface area contributed by atoms with Crippen molar-refractivity contribution in [3.05, 3.63) is 65.7 Å². The van der Waals surface area contributed by atoms with Crippen LogP contribution in [-0.4, -0.2) is 36.9 Å². The number of nitrogens with zero attached hydrogens (tertiary/aromatic N) is 1. The molecule has 0 fully saturated rings. The van der Waals surface area contributed by atoms with Gasteiger partial charge in [-0.3, -0.25) is 14.5 Å². The van der Waals surface area contributed by atoms with Crippen molar-refractivity contribution in [2.45, 2.75) is 13.5 Å². The van der Waals surface area contributed by atoms with Crippen LogP contribution in [0.5, 0.6) is 0 Å². The maximum absolute atomic E-state index is 12.1. The summed E-state index contributed by atoms with van der Waals surface area (Å²) >= 11 is 0. The summed E-state index contributed by atoms with van der Waals surface area (Å²) in [6, 6.07) is 16.9. The summed E-state index contributed by atoms with van der Waals surface area (Å²) in [5, 5.41) is 5.58. The maximum atomic E-state index is 12.1. The Morgan fingerprint density at radius 3 is 2.29 bits per heavy atom. The zero-order valence-corrected chi connectivity index (χ0v) is 14.1. The smallest absolute Gasteiger partial charge is 0.251 e. The van der Waals surface area contributed by atoms with Gasteiger partial charge in [-0.1, -0.05) is 30.3 Å². The second-order valence-corrected chi connectivity index (χ2v) is 5.64. The molecule has 24 heavy (non-hydrogen) atoms. The minimum Gasteiger partial charge on any atom is -0.352 e. The number of rotatable bonds is 7. The summed E-state index contributed by atoms with van der Waals surface area (Å²) in [5.41, 5.74) is 2.43. The Morgan fingerprint density at radius 2 is 1.67 bits per heavy atom. The van der Waals surface area contributed by atoms with Crippen molar-refractivity contribution in [1.29, 1.82) is 0 Å². The largest absolute Gasteiger partial charge is 0.352 e. The van der Waals surface area contributed by atoms with Gasteiger partial charge in [0.15, 0.2) is 0 Å². The first-order valence-electron chi connectivity index (χ1n) is 7.99. The predicted octanol–water partition coefficient (Wildman–Crippen LogP) is 2.51. The average molecular weight is 325 g/mol. The van der Waals surface area contributed by atoms with Crippen LogP contribution in [0.1, 0.15) is 22.8 Å². The molecule has 0 aromatic heterocycles. The molecule has 0 unspecified atom stereocenters. The molecule has 5 nitrogen and oxygen atoms in total. The Bertz CT molecular complexity index is 669. The summed E-state index contributed by atoms with van der Waals surface area (Å²) < 4.78 is 0. The second-order valence-electron chi connectivity index (χ2n) is 5.64. The van der Waals surface area contributed by atoms with Crippen molar-refractivity contribution >= 4 is 17.5 Å². The van der Waals surface area contributed by atoms with Gasteiger partial charge in [-0.25, -0.2) is 0 Å². The quantitative estimate of drug-likeness (QED) is 0.822. The van der Waals surface area contributed by atoms with Gasteiger partial charge in [0, 0.05) is 24.3 Å². The van der Waals surface area contributed by atoms with Crippen LogP contribution in [0, 0.1) is 0 Å². The fourth-order valence-corrected chi connectivity index (χ4v) is 2.36. The number of amides is 2. The summed E-state index contributed by atoms with van der Waals surface area (Å²) in [4.78, 5) is 25.7. The van der Waals surface area contributed by atoms with Gasteiger partial charge in [0.1, 0.15) is 0 Å². The standard InChI is InChI=1S/C19H23N3O2/c1-3-20-19(24)16-9-11-17(12-10-16)21-18(23)14-22(2)13-15-7-5-4-6-8-15/h4-12H,3,13-14H2,1-2H3,(H,20,24)(H,21,23). The first-order chi connectivity index (χ1) is 11.6. The second kappa shape index (κ2) is 8.84. The molecule has 5 heteroatoms. The SMILES string of the molecule is CCNC(=O)c1ccc(NC(=O)CN(C)Cc2ccccc2)cc1. The molecule has 0 saturated heterocycles. The van der Waals surface area contributed by atoms with Crippen molar-refractivity contribution in [2.24, 2.45) is 0 Å². The summed E-state index contributed by atoms with van der Waals surface area (Å²) in [5.74, 6) is -0.197. The lowest BCUT2D eigenvalue weighted by atomic mass is 10.2. The molecule has 0 bridgehead atoms. The lowest BCUT2D eigenvalue weighted by Crippen LogP contribution is -2.29. The highest BCUT2D eigenvalue weighted by atomic mass is 16.2. The van der Waals surface area contributed by atoms with Crippen molar-refractivity contribution in [3.8, 4) is 0 Å². The molecular weight excluding hydrogens is 302 g/mol. The highest BCUT2D eigenvalue weighted by molar-refractivity contribution is 5.96. The number of likely N-dealkylation sites (N-methyl/N-ethyl adjacent to an activating group) is 1. The predicted molar refractivity (Wildman–Crippen MR) is 95.9 cm³/mol. The maximum Gasteiger partial charge on any atom is 0.251 e. The van der Waals surface area contributed by atoms with E-state index < -0.39 is 0 Å². The number of carbonyl (C=O) groups excluding carboxylic acids is 2. The number of hydrogen-bond acceptors (Lipinski definition) is 3. The topological polar surface area (TPSA) is 61.4 Å². The zero-order chi connectivity index (χ0) is 17.4. The van der Waals surface area contributed by atoms with Crippen LogP contribution in [0.3, 0.4) is 0 Å². The highest BCUT2D eigenvalue weighted by Gasteiger charge is 2.08. The lowest BCUT2D eigenvalue weighted by Gasteiger charge is -2.16. The van der Waals surface area contributed by atoms with Gasteiger partial charge in [0.2, 0.25) is 5.91 Å². The van der Waals surface area contributed by atoms with E-state index in [1.165, 1.54) is 5.56 Å². The third-order valence-corrected chi connectivity index (χ3v) is 3.48. The molecule has 126 valence electrons. The molecule has 0 spiro atoms. The normalized spacial score (nSPS) is 10.5. The van der Waals surface area contributed by atoms with Gasteiger partial charge >= 0.3 is 0 Å². The first kappa shape index (κ1) is 17.7. The lowest BCUT2D eigenvalue weighted by molar-refractivity contribution is -0.117. The van der Waals surface area contributed by atoms with Crippen LogP contribution in [-0.2, 0) is 11.3 Å². The molecule has 0 radical (unpaired) electrons. The molecule has 2 aromatic carbocycles. The van der Waals surface area contributed by atoms with Crippen LogP contribution < -0.4 is 10.6 Å². The van der Waals surface area contributed by atoms with E-state index in [0.717, 1.165) is 0 Å². The molecular formula is C19H23N3O2. The van der Waals surface area contributed by atoms with Gasteiger partial charge in [0.05, 0.1) is 6.54 Å². The third kappa shape index (κ3) is 5.52. The third-order valence-electron chi connectivity index (χ3n) is 3.48. The molecule has 0 aliphatic heterocycles. The van der Waals surface area contributed by atoms with Crippen LogP contribution in [0.2, 0.25) is 0 Å². The van der Waals surface area contributed by atoms with E-state index >= 15 is 0 Å². The molecule has 2 N–H and O–H groups in total. The molecule has 0 saturated carbocycles. The minimum absolute atomic E-state index is 0.0841. The molecule has 2 aromatic rings. The molecule has 0 aliphatic rings. The van der Waals surface area contributed by atoms with Crippen LogP contribution >= 0.6 is 0 Å². The van der Waals surface area contributed by atoms with Gasteiger partial charge in [-0.2, -0.15) is 0 Å². The Kier molecular flexibility index (Phi) is 6.51. The van der Waals surface area contributed by atoms with Crippen LogP contribution in [0.4, 0.5) is 5.69 Å². The summed E-state index contributed by atoms with van der Waals surface area (Å²) in [6.07, 6.45) is 0. The van der Waals surface area contributed by atoms with E-state index in [4.69, 9.17) is 0 Å². The van der Waals surface area contributed by atoms with Crippen LogP contribution in [0.15, 0.2) is 54.6 Å². The molecule has 0 heterocycles. The monoisotopic (exact) mass is 325 g/mol. The Balaban J connectivity index is 1.84. The Labute approximate surface area is 142 Å². The number of hydrogen-bond donors (Lipinski definition) is 2. The fraction of sp³-hybridized carbons (Fsp3) is 0.263. The van der Waals surface area contributed by atoms with Crippen LogP contribution in [0.25, 0.3) is 0 Å². The van der Waals surface area contributed by atoms with Crippen molar-refractivity contribution in [2.75, 3.05) is 25.5 Å². The summed E-state index contributed by atoms with van der Waals surface area (Å²) in [6.45, 7) is 3.47. The Morgan fingerprint density at radius 1 is 1.00 bits per heavy atom. The fourth-order valence-electron chi connectivity index (χ4n) is 2.36. The van der Waals surface area contributed by atoms with Crippen molar-refractivity contribution in [1.82, 2.24) is 10.2 Å². The van der Waals surface area contributed by atoms with E-state index in [1.807, 2.05) is 49.2 Å². The van der Waals surface area contributed by atoms with Gasteiger partial charge in [-0.05, 0) is 43.8 Å². The van der Waals surface area contributed by atoms with Gasteiger partial charge < -0.3 is 10.6 Å². The van der Waals surface area contributed by atoms with Crippen molar-refractivity contribution in [3.63, 3.8) is 0 Å². The average Bonchev–Trinajstić information content (AvgIpc) is 2.56. The number of nitrogens with one attached hydrogen (secondary N) is 2. The zero-order valence-electron chi connectivity index (χ0n) is 14.1. The van der Waals surface area contributed by atoms with E-state index in [9.17, 15) is 9.59 Å². The van der Waals surface area contributed by atoms with E-state index in [2.05, 4.69) is 10.6 Å². The number of anilines is 1. The van der Waals surface area contributed by atoms with Crippen molar-refractivity contribution < 1.29 is 9.59 Å². The van der Waals surface area contributed by atoms with E-state index in [0.29, 0.717) is 30.9 Å². The molecule has 2 amide bonds. The van der Waals surface area contributed by atoms with Gasteiger partial charge in [0.25, 0.3) is 5.91 Å². The summed E-state index contributed by atoms with van der Waals surface area (Å²) in [7, 11) is 1.91. The minimum atomic E-state index is -0.113. The highest BCUT2D eigenvalue weighted by Crippen LogP contribution is 2.10. The molecule has 0 aliphatic carbocycles. The van der Waals surface area contributed by atoms with Gasteiger partial charge in [-0.15, -0.1) is 0 Å². The number of benzene rings is 2. The molecule has 0 atom stereocenters.